The molecule has 1 aliphatic rings. The lowest BCUT2D eigenvalue weighted by molar-refractivity contribution is 0.556. The van der Waals surface area contributed by atoms with E-state index in [-0.39, 0.29) is 28.1 Å². The van der Waals surface area contributed by atoms with Gasteiger partial charge in [-0.3, -0.25) is 14.0 Å². The fraction of sp³-hybridized carbons (Fsp3) is 0.333. The molecule has 0 unspecified atom stereocenters. The second kappa shape index (κ2) is 6.19. The Labute approximate surface area is 170 Å². The average molecular weight is 431 g/mol. The van der Waals surface area contributed by atoms with Gasteiger partial charge in [0.25, 0.3) is 5.56 Å². The first kappa shape index (κ1) is 18.9. The molecule has 0 atom stereocenters. The van der Waals surface area contributed by atoms with Crippen LogP contribution in [0.3, 0.4) is 0 Å². The van der Waals surface area contributed by atoms with Crippen LogP contribution in [0, 0.1) is 5.82 Å². The van der Waals surface area contributed by atoms with Crippen LogP contribution in [0.25, 0.3) is 16.7 Å². The molecule has 4 aromatic rings. The summed E-state index contributed by atoms with van der Waals surface area (Å²) in [7, 11) is -2.24. The van der Waals surface area contributed by atoms with E-state index < -0.39 is 26.9 Å². The highest BCUT2D eigenvalue weighted by Crippen LogP contribution is 2.36. The van der Waals surface area contributed by atoms with Crippen LogP contribution in [0.2, 0.25) is 0 Å². The molecule has 3 heterocycles. The highest BCUT2D eigenvalue weighted by Gasteiger charge is 2.41. The summed E-state index contributed by atoms with van der Waals surface area (Å²) < 4.78 is 47.2. The largest absolute Gasteiger partial charge is 0.275 e. The third-order valence-corrected chi connectivity index (χ3v) is 6.90. The molecule has 0 bridgehead atoms. The number of sulfonamides is 1. The van der Waals surface area contributed by atoms with Crippen molar-refractivity contribution in [2.75, 3.05) is 0 Å². The molecule has 5 rings (SSSR count). The minimum absolute atomic E-state index is 0.0989. The molecule has 0 aliphatic heterocycles. The Hall–Kier alpha value is -3.12. The van der Waals surface area contributed by atoms with E-state index in [2.05, 4.69) is 19.9 Å². The van der Waals surface area contributed by atoms with Crippen LogP contribution >= 0.6 is 0 Å². The molecule has 12 heteroatoms. The van der Waals surface area contributed by atoms with Crippen LogP contribution in [-0.4, -0.2) is 42.9 Å². The van der Waals surface area contributed by atoms with Crippen molar-refractivity contribution < 1.29 is 12.8 Å². The summed E-state index contributed by atoms with van der Waals surface area (Å²) in [6.07, 6.45) is 5.98. The van der Waals surface area contributed by atoms with Gasteiger partial charge in [-0.2, -0.15) is 19.7 Å². The second-order valence-electron chi connectivity index (χ2n) is 7.85. The summed E-state index contributed by atoms with van der Waals surface area (Å²) in [5, 5.41) is 8.02. The topological polar surface area (TPSA) is 116 Å². The van der Waals surface area contributed by atoms with Gasteiger partial charge in [-0.25, -0.2) is 17.5 Å². The molecule has 1 saturated carbocycles. The van der Waals surface area contributed by atoms with E-state index in [1.807, 2.05) is 0 Å². The van der Waals surface area contributed by atoms with Crippen molar-refractivity contribution in [2.45, 2.75) is 36.7 Å². The van der Waals surface area contributed by atoms with Crippen LogP contribution in [0.15, 0.2) is 40.5 Å². The number of aromatic nitrogens is 6. The number of aryl methyl sites for hydroxylation is 1. The number of hydrogen-bond acceptors (Lipinski definition) is 6. The number of fused-ring (bicyclic) bond motifs is 3. The van der Waals surface area contributed by atoms with Crippen LogP contribution < -0.4 is 10.3 Å². The lowest BCUT2D eigenvalue weighted by atomic mass is 10.2. The molecule has 3 aromatic heterocycles. The van der Waals surface area contributed by atoms with Gasteiger partial charge in [0.2, 0.25) is 15.8 Å². The summed E-state index contributed by atoms with van der Waals surface area (Å²) in [6.45, 7) is 1.90. The van der Waals surface area contributed by atoms with Gasteiger partial charge in [0.1, 0.15) is 11.8 Å². The Balaban J connectivity index is 1.74. The molecular weight excluding hydrogens is 413 g/mol. The summed E-state index contributed by atoms with van der Waals surface area (Å²) in [6, 6.07) is 2.10. The highest BCUT2D eigenvalue weighted by molar-refractivity contribution is 7.89. The van der Waals surface area contributed by atoms with Gasteiger partial charge in [0.15, 0.2) is 5.82 Å². The number of rotatable bonds is 5. The van der Waals surface area contributed by atoms with E-state index >= 15 is 4.39 Å². The van der Waals surface area contributed by atoms with Crippen molar-refractivity contribution in [2.24, 2.45) is 7.05 Å². The van der Waals surface area contributed by atoms with E-state index in [0.717, 1.165) is 11.6 Å². The number of halogens is 1. The molecule has 1 fully saturated rings. The zero-order valence-corrected chi connectivity index (χ0v) is 17.0. The lowest BCUT2D eigenvalue weighted by Crippen LogP contribution is -2.34. The van der Waals surface area contributed by atoms with E-state index in [1.54, 1.807) is 31.0 Å². The quantitative estimate of drug-likeness (QED) is 0.500. The molecular formula is C18H18FN7O3S. The van der Waals surface area contributed by atoms with Gasteiger partial charge in [-0.15, -0.1) is 0 Å². The first-order chi connectivity index (χ1) is 14.2. The Bertz CT molecular complexity index is 1480. The smallest absolute Gasteiger partial charge is 0.263 e. The Morgan fingerprint density at radius 1 is 1.27 bits per heavy atom. The monoisotopic (exact) mass is 431 g/mol. The van der Waals surface area contributed by atoms with Gasteiger partial charge >= 0.3 is 0 Å². The van der Waals surface area contributed by atoms with E-state index in [1.165, 1.54) is 21.5 Å². The molecule has 1 aliphatic carbocycles. The predicted molar refractivity (Wildman–Crippen MR) is 105 cm³/mol. The number of benzene rings is 1. The van der Waals surface area contributed by atoms with Crippen molar-refractivity contribution >= 4 is 26.7 Å². The maximum Gasteiger partial charge on any atom is 0.263 e. The molecule has 1 aromatic carbocycles. The zero-order valence-electron chi connectivity index (χ0n) is 16.2. The summed E-state index contributed by atoms with van der Waals surface area (Å²) in [5.74, 6) is -0.718. The van der Waals surface area contributed by atoms with Gasteiger partial charge in [0.05, 0.1) is 23.0 Å². The number of hydrogen-bond donors (Lipinski definition) is 1. The molecule has 0 amide bonds. The SMILES string of the molecule is Cn1cc(Cn2c(=O)c3cc(S(=O)(=O)NC4(C)CC4)cc(F)c3n3ncnc23)cn1. The van der Waals surface area contributed by atoms with E-state index in [0.29, 0.717) is 12.8 Å². The van der Waals surface area contributed by atoms with Gasteiger partial charge in [0, 0.05) is 24.3 Å². The van der Waals surface area contributed by atoms with Crippen molar-refractivity contribution in [3.63, 3.8) is 0 Å². The molecule has 10 nitrogen and oxygen atoms in total. The van der Waals surface area contributed by atoms with Gasteiger partial charge in [-0.1, -0.05) is 0 Å². The fourth-order valence-electron chi connectivity index (χ4n) is 3.47. The summed E-state index contributed by atoms with van der Waals surface area (Å²) in [4.78, 5) is 17.0. The van der Waals surface area contributed by atoms with E-state index in [4.69, 9.17) is 0 Å². The maximum atomic E-state index is 15.0. The zero-order chi connectivity index (χ0) is 21.3. The molecule has 0 saturated heterocycles. The van der Waals surface area contributed by atoms with Crippen molar-refractivity contribution in [1.29, 1.82) is 0 Å². The minimum Gasteiger partial charge on any atom is -0.275 e. The minimum atomic E-state index is -3.99. The number of nitrogens with zero attached hydrogens (tertiary/aromatic N) is 6. The highest BCUT2D eigenvalue weighted by atomic mass is 32.2. The summed E-state index contributed by atoms with van der Waals surface area (Å²) in [5.41, 5.74) is -0.480. The van der Waals surface area contributed by atoms with Gasteiger partial charge < -0.3 is 0 Å². The first-order valence-electron chi connectivity index (χ1n) is 9.24. The molecule has 0 spiro atoms. The molecule has 156 valence electrons. The fourth-order valence-corrected chi connectivity index (χ4v) is 4.97. The standard InChI is InChI=1S/C18H18FN7O3S/c1-18(3-4-18)23-30(28,29)12-5-13-15(14(19)6-12)26-17(20-10-22-26)25(16(13)27)9-11-7-21-24(2)8-11/h5-8,10,23H,3-4,9H2,1-2H3. The molecule has 0 radical (unpaired) electrons. The third-order valence-electron chi connectivity index (χ3n) is 5.29. The average Bonchev–Trinajstić information content (AvgIpc) is 3.06. The normalized spacial score (nSPS) is 15.8. The predicted octanol–water partition coefficient (Wildman–Crippen LogP) is 0.796. The molecule has 30 heavy (non-hydrogen) atoms. The molecule has 1 N–H and O–H groups in total. The Kier molecular flexibility index (Phi) is 3.89. The van der Waals surface area contributed by atoms with Crippen molar-refractivity contribution in [3.8, 4) is 0 Å². The number of nitrogens with one attached hydrogen (secondary N) is 1. The van der Waals surface area contributed by atoms with Crippen molar-refractivity contribution in [3.05, 3.63) is 52.6 Å². The second-order valence-corrected chi connectivity index (χ2v) is 9.54. The van der Waals surface area contributed by atoms with Crippen molar-refractivity contribution in [1.82, 2.24) is 33.7 Å². The van der Waals surface area contributed by atoms with Gasteiger partial charge in [-0.05, 0) is 31.9 Å². The first-order valence-corrected chi connectivity index (χ1v) is 10.7. The van der Waals surface area contributed by atoms with Crippen LogP contribution in [0.4, 0.5) is 4.39 Å². The Morgan fingerprint density at radius 3 is 2.70 bits per heavy atom. The van der Waals surface area contributed by atoms with Crippen LogP contribution in [-0.2, 0) is 23.6 Å². The van der Waals surface area contributed by atoms with Crippen LogP contribution in [0.1, 0.15) is 25.3 Å². The summed E-state index contributed by atoms with van der Waals surface area (Å²) >= 11 is 0. The Morgan fingerprint density at radius 2 is 2.03 bits per heavy atom. The lowest BCUT2D eigenvalue weighted by Gasteiger charge is -2.14. The van der Waals surface area contributed by atoms with Crippen LogP contribution in [0.5, 0.6) is 0 Å². The van der Waals surface area contributed by atoms with E-state index in [9.17, 15) is 13.2 Å². The third kappa shape index (κ3) is 2.99. The maximum absolute atomic E-state index is 15.0.